The van der Waals surface area contributed by atoms with Crippen LogP contribution in [0, 0.1) is 11.3 Å². The number of hydrogen-bond acceptors (Lipinski definition) is 4. The average Bonchev–Trinajstić information content (AvgIpc) is 2.62. The zero-order chi connectivity index (χ0) is 18.0. The number of halogens is 1. The lowest BCUT2D eigenvalue weighted by Crippen LogP contribution is -2.24. The highest BCUT2D eigenvalue weighted by Crippen LogP contribution is 2.43. The molecule has 0 spiro atoms. The number of anilines is 1. The van der Waals surface area contributed by atoms with Gasteiger partial charge in [0.15, 0.2) is 0 Å². The van der Waals surface area contributed by atoms with Crippen LogP contribution < -0.4 is 15.4 Å². The third-order valence-electron chi connectivity index (χ3n) is 4.53. The number of benzene rings is 2. The molecular weight excluding hydrogens is 334 g/mol. The molecule has 1 aliphatic heterocycles. The van der Waals surface area contributed by atoms with Gasteiger partial charge in [0.05, 0.1) is 5.92 Å². The fourth-order valence-corrected chi connectivity index (χ4v) is 3.35. The summed E-state index contributed by atoms with van der Waals surface area (Å²) < 4.78 is 5.77. The van der Waals surface area contributed by atoms with Crippen LogP contribution in [0.15, 0.2) is 53.9 Å². The van der Waals surface area contributed by atoms with E-state index in [2.05, 4.69) is 30.9 Å². The molecule has 2 aromatic carbocycles. The summed E-state index contributed by atoms with van der Waals surface area (Å²) in [5, 5.41) is 10.2. The normalized spacial score (nSPS) is 16.0. The van der Waals surface area contributed by atoms with Crippen LogP contribution in [-0.2, 0) is 0 Å². The van der Waals surface area contributed by atoms with Crippen LogP contribution in [0.5, 0.6) is 5.75 Å². The van der Waals surface area contributed by atoms with Gasteiger partial charge in [-0.1, -0.05) is 29.8 Å². The zero-order valence-corrected chi connectivity index (χ0v) is 15.0. The Hall–Kier alpha value is -2.64. The Morgan fingerprint density at radius 2 is 1.84 bits per heavy atom. The SMILES string of the molecule is CCN(CC)c1ccc2c(c1)OC(N)=C(C#N)[C@H]2c1ccc(Cl)cc1. The van der Waals surface area contributed by atoms with E-state index in [0.29, 0.717) is 16.3 Å². The Kier molecular flexibility index (Phi) is 4.87. The van der Waals surface area contributed by atoms with Gasteiger partial charge in [-0.25, -0.2) is 0 Å². The lowest BCUT2D eigenvalue weighted by molar-refractivity contribution is 0.393. The molecule has 25 heavy (non-hydrogen) atoms. The first-order valence-electron chi connectivity index (χ1n) is 8.31. The number of allylic oxidation sites excluding steroid dienone is 1. The highest BCUT2D eigenvalue weighted by Gasteiger charge is 2.30. The summed E-state index contributed by atoms with van der Waals surface area (Å²) in [5.41, 5.74) is 9.44. The number of hydrogen-bond donors (Lipinski definition) is 1. The minimum absolute atomic E-state index is 0.159. The van der Waals surface area contributed by atoms with Gasteiger partial charge in [0.1, 0.15) is 17.4 Å². The number of ether oxygens (including phenoxy) is 1. The van der Waals surface area contributed by atoms with E-state index in [1.807, 2.05) is 36.4 Å². The van der Waals surface area contributed by atoms with Gasteiger partial charge < -0.3 is 15.4 Å². The van der Waals surface area contributed by atoms with Gasteiger partial charge in [0.2, 0.25) is 5.88 Å². The van der Waals surface area contributed by atoms with Crippen molar-refractivity contribution in [2.24, 2.45) is 5.73 Å². The molecule has 3 rings (SSSR count). The smallest absolute Gasteiger partial charge is 0.205 e. The Bertz CT molecular complexity index is 848. The second-order valence-electron chi connectivity index (χ2n) is 5.87. The fraction of sp³-hybridized carbons (Fsp3) is 0.250. The van der Waals surface area contributed by atoms with Crippen molar-refractivity contribution in [3.8, 4) is 11.8 Å². The van der Waals surface area contributed by atoms with E-state index in [0.717, 1.165) is 29.9 Å². The largest absolute Gasteiger partial charge is 0.440 e. The quantitative estimate of drug-likeness (QED) is 0.884. The lowest BCUT2D eigenvalue weighted by Gasteiger charge is -2.29. The molecule has 0 unspecified atom stereocenters. The molecule has 0 saturated carbocycles. The molecule has 0 aromatic heterocycles. The van der Waals surface area contributed by atoms with Crippen molar-refractivity contribution in [2.45, 2.75) is 19.8 Å². The van der Waals surface area contributed by atoms with Gasteiger partial charge in [0, 0.05) is 35.4 Å². The number of nitriles is 1. The molecule has 1 aliphatic rings. The van der Waals surface area contributed by atoms with Crippen LogP contribution in [0.3, 0.4) is 0 Å². The second kappa shape index (κ2) is 7.08. The summed E-state index contributed by atoms with van der Waals surface area (Å²) in [6, 6.07) is 15.8. The molecule has 2 aromatic rings. The van der Waals surface area contributed by atoms with E-state index in [4.69, 9.17) is 22.1 Å². The second-order valence-corrected chi connectivity index (χ2v) is 6.31. The monoisotopic (exact) mass is 353 g/mol. The maximum absolute atomic E-state index is 9.59. The Morgan fingerprint density at radius 1 is 1.16 bits per heavy atom. The van der Waals surface area contributed by atoms with Gasteiger partial charge in [-0.05, 0) is 37.6 Å². The molecular formula is C20H20ClN3O. The summed E-state index contributed by atoms with van der Waals surface area (Å²) >= 11 is 6.01. The van der Waals surface area contributed by atoms with E-state index in [1.165, 1.54) is 0 Å². The molecule has 1 heterocycles. The highest BCUT2D eigenvalue weighted by atomic mass is 35.5. The number of rotatable bonds is 4. The summed E-state index contributed by atoms with van der Waals surface area (Å²) in [4.78, 5) is 2.24. The van der Waals surface area contributed by atoms with Crippen molar-refractivity contribution in [3.05, 3.63) is 70.1 Å². The van der Waals surface area contributed by atoms with Crippen LogP contribution in [0.25, 0.3) is 0 Å². The topological polar surface area (TPSA) is 62.3 Å². The summed E-state index contributed by atoms with van der Waals surface area (Å²) in [5.74, 6) is 0.601. The summed E-state index contributed by atoms with van der Waals surface area (Å²) in [6.45, 7) is 6.04. The van der Waals surface area contributed by atoms with Crippen molar-refractivity contribution < 1.29 is 4.74 Å². The van der Waals surface area contributed by atoms with Crippen LogP contribution >= 0.6 is 11.6 Å². The molecule has 0 fully saturated rings. The first kappa shape index (κ1) is 17.2. The summed E-state index contributed by atoms with van der Waals surface area (Å²) in [6.07, 6.45) is 0. The molecule has 0 saturated heterocycles. The molecule has 4 nitrogen and oxygen atoms in total. The molecule has 0 amide bonds. The standard InChI is InChI=1S/C20H20ClN3O/c1-3-24(4-2)15-9-10-16-18(11-15)25-20(23)17(12-22)19(16)13-5-7-14(21)8-6-13/h5-11,19H,3-4,23H2,1-2H3/t19-/m0/s1. The molecule has 0 aliphatic carbocycles. The zero-order valence-electron chi connectivity index (χ0n) is 14.3. The third-order valence-corrected chi connectivity index (χ3v) is 4.79. The highest BCUT2D eigenvalue weighted by molar-refractivity contribution is 6.30. The molecule has 5 heteroatoms. The third kappa shape index (κ3) is 3.16. The maximum atomic E-state index is 9.59. The Balaban J connectivity index is 2.12. The van der Waals surface area contributed by atoms with Gasteiger partial charge in [0.25, 0.3) is 0 Å². The van der Waals surface area contributed by atoms with Gasteiger partial charge in [-0.2, -0.15) is 5.26 Å². The van der Waals surface area contributed by atoms with E-state index >= 15 is 0 Å². The van der Waals surface area contributed by atoms with Crippen molar-refractivity contribution in [3.63, 3.8) is 0 Å². The van der Waals surface area contributed by atoms with Crippen molar-refractivity contribution in [1.82, 2.24) is 0 Å². The first-order chi connectivity index (χ1) is 12.1. The van der Waals surface area contributed by atoms with Crippen LogP contribution in [-0.4, -0.2) is 13.1 Å². The van der Waals surface area contributed by atoms with Gasteiger partial charge in [-0.3, -0.25) is 0 Å². The molecule has 0 bridgehead atoms. The number of nitrogens with two attached hydrogens (primary N) is 1. The maximum Gasteiger partial charge on any atom is 0.205 e. The minimum Gasteiger partial charge on any atom is -0.440 e. The predicted octanol–water partition coefficient (Wildman–Crippen LogP) is 4.40. The molecule has 2 N–H and O–H groups in total. The van der Waals surface area contributed by atoms with Crippen LogP contribution in [0.4, 0.5) is 5.69 Å². The lowest BCUT2D eigenvalue weighted by atomic mass is 9.83. The minimum atomic E-state index is -0.253. The number of fused-ring (bicyclic) bond motifs is 1. The van der Waals surface area contributed by atoms with E-state index < -0.39 is 0 Å². The van der Waals surface area contributed by atoms with Gasteiger partial charge in [-0.15, -0.1) is 0 Å². The van der Waals surface area contributed by atoms with Gasteiger partial charge >= 0.3 is 0 Å². The average molecular weight is 354 g/mol. The Morgan fingerprint density at radius 3 is 2.44 bits per heavy atom. The molecule has 0 radical (unpaired) electrons. The van der Waals surface area contributed by atoms with Crippen molar-refractivity contribution in [2.75, 3.05) is 18.0 Å². The molecule has 128 valence electrons. The van der Waals surface area contributed by atoms with E-state index in [-0.39, 0.29) is 11.8 Å². The van der Waals surface area contributed by atoms with Crippen molar-refractivity contribution in [1.29, 1.82) is 5.26 Å². The van der Waals surface area contributed by atoms with E-state index in [1.54, 1.807) is 0 Å². The molecule has 1 atom stereocenters. The number of nitrogens with zero attached hydrogens (tertiary/aromatic N) is 2. The van der Waals surface area contributed by atoms with Crippen LogP contribution in [0.1, 0.15) is 30.9 Å². The van der Waals surface area contributed by atoms with Crippen LogP contribution in [0.2, 0.25) is 5.02 Å². The summed E-state index contributed by atoms with van der Waals surface area (Å²) in [7, 11) is 0. The van der Waals surface area contributed by atoms with Crippen molar-refractivity contribution >= 4 is 17.3 Å². The Labute approximate surface area is 153 Å². The predicted molar refractivity (Wildman–Crippen MR) is 101 cm³/mol. The first-order valence-corrected chi connectivity index (χ1v) is 8.68. The van der Waals surface area contributed by atoms with E-state index in [9.17, 15) is 5.26 Å². The fourth-order valence-electron chi connectivity index (χ4n) is 3.23.